The number of carboxylic acid groups (broad SMARTS) is 1. The van der Waals surface area contributed by atoms with Crippen molar-refractivity contribution in [3.05, 3.63) is 76.6 Å². The quantitative estimate of drug-likeness (QED) is 0.555. The van der Waals surface area contributed by atoms with Crippen LogP contribution < -0.4 is 4.74 Å². The summed E-state index contributed by atoms with van der Waals surface area (Å²) in [5.41, 5.74) is 4.15. The summed E-state index contributed by atoms with van der Waals surface area (Å²) in [6, 6.07) is 15.4. The smallest absolute Gasteiger partial charge is 0.303 e. The minimum Gasteiger partial charge on any atom is -0.489 e. The van der Waals surface area contributed by atoms with Gasteiger partial charge in [-0.25, -0.2) is 9.97 Å². The Morgan fingerprint density at radius 1 is 1.19 bits per heavy atom. The summed E-state index contributed by atoms with van der Waals surface area (Å²) in [6.45, 7) is 2.90. The van der Waals surface area contributed by atoms with Gasteiger partial charge in [0.15, 0.2) is 5.82 Å². The summed E-state index contributed by atoms with van der Waals surface area (Å²) < 4.78 is 5.85. The van der Waals surface area contributed by atoms with Gasteiger partial charge in [0.25, 0.3) is 0 Å². The average Bonchev–Trinajstić information content (AvgIpc) is 2.77. The first-order valence-electron chi connectivity index (χ1n) is 10.3. The fraction of sp³-hybridized carbons (Fsp3) is 0.292. The molecule has 1 N–H and O–H groups in total. The van der Waals surface area contributed by atoms with Crippen LogP contribution in [-0.2, 0) is 24.4 Å². The van der Waals surface area contributed by atoms with E-state index in [4.69, 9.17) is 26.4 Å². The monoisotopic (exact) mass is 437 g/mol. The van der Waals surface area contributed by atoms with Crippen LogP contribution in [0.15, 0.2) is 54.7 Å². The molecule has 0 aliphatic carbocycles. The van der Waals surface area contributed by atoms with Crippen molar-refractivity contribution in [3.63, 3.8) is 0 Å². The zero-order valence-electron chi connectivity index (χ0n) is 17.1. The van der Waals surface area contributed by atoms with E-state index in [1.165, 1.54) is 0 Å². The van der Waals surface area contributed by atoms with Crippen LogP contribution in [0.25, 0.3) is 11.4 Å². The number of hydrogen-bond acceptors (Lipinski definition) is 5. The Labute approximate surface area is 186 Å². The molecule has 160 valence electrons. The normalized spacial score (nSPS) is 13.6. The number of nitrogens with zero attached hydrogens (tertiary/aromatic N) is 3. The topological polar surface area (TPSA) is 75.5 Å². The van der Waals surface area contributed by atoms with E-state index in [9.17, 15) is 4.79 Å². The first kappa shape index (κ1) is 21.3. The molecular formula is C24H24ClN3O3. The van der Waals surface area contributed by atoms with E-state index in [1.807, 2.05) is 54.7 Å². The van der Waals surface area contributed by atoms with Gasteiger partial charge in [-0.3, -0.25) is 9.69 Å². The van der Waals surface area contributed by atoms with E-state index in [0.29, 0.717) is 23.9 Å². The molecule has 0 fully saturated rings. The minimum absolute atomic E-state index is 0.206. The molecule has 6 nitrogen and oxygen atoms in total. The van der Waals surface area contributed by atoms with Crippen molar-refractivity contribution in [2.75, 3.05) is 13.1 Å². The van der Waals surface area contributed by atoms with Gasteiger partial charge in [0, 0.05) is 48.3 Å². The zero-order chi connectivity index (χ0) is 21.6. The molecule has 0 saturated heterocycles. The largest absolute Gasteiger partial charge is 0.489 e. The summed E-state index contributed by atoms with van der Waals surface area (Å²) in [4.78, 5) is 22.3. The number of hydrogen-bond donors (Lipinski definition) is 1. The second-order valence-corrected chi connectivity index (χ2v) is 8.07. The average molecular weight is 438 g/mol. The summed E-state index contributed by atoms with van der Waals surface area (Å²) in [7, 11) is 0. The third-order valence-corrected chi connectivity index (χ3v) is 5.52. The zero-order valence-corrected chi connectivity index (χ0v) is 17.9. The summed E-state index contributed by atoms with van der Waals surface area (Å²) >= 11 is 6.01. The third kappa shape index (κ3) is 5.81. The van der Waals surface area contributed by atoms with Crippen LogP contribution in [0.3, 0.4) is 0 Å². The molecule has 7 heteroatoms. The molecule has 1 aromatic heterocycles. The minimum atomic E-state index is -0.744. The second-order valence-electron chi connectivity index (χ2n) is 7.63. The van der Waals surface area contributed by atoms with Crippen LogP contribution in [-0.4, -0.2) is 39.0 Å². The predicted molar refractivity (Wildman–Crippen MR) is 119 cm³/mol. The standard InChI is InChI=1S/C24H24ClN3O3/c25-20-4-1-3-17(13-20)16-31-21-8-6-18(7-9-21)24-26-14-19-15-28(11-2-5-23(29)30)12-10-22(19)27-24/h1,3-4,6-9,13-14H,2,5,10-12,15-16H2,(H,29,30). The van der Waals surface area contributed by atoms with E-state index in [1.54, 1.807) is 0 Å². The van der Waals surface area contributed by atoms with Gasteiger partial charge in [0.1, 0.15) is 12.4 Å². The Bertz CT molecular complexity index is 1060. The van der Waals surface area contributed by atoms with Crippen LogP contribution in [0.4, 0.5) is 0 Å². The molecule has 0 unspecified atom stereocenters. The van der Waals surface area contributed by atoms with Gasteiger partial charge in [-0.05, 0) is 54.9 Å². The van der Waals surface area contributed by atoms with Crippen molar-refractivity contribution in [3.8, 4) is 17.1 Å². The van der Waals surface area contributed by atoms with Crippen molar-refractivity contribution in [2.24, 2.45) is 0 Å². The number of rotatable bonds is 8. The summed E-state index contributed by atoms with van der Waals surface area (Å²) in [5, 5.41) is 9.50. The molecule has 2 aromatic carbocycles. The van der Waals surface area contributed by atoms with Gasteiger partial charge in [-0.15, -0.1) is 0 Å². The van der Waals surface area contributed by atoms with Gasteiger partial charge in [-0.2, -0.15) is 0 Å². The fourth-order valence-electron chi connectivity index (χ4n) is 3.65. The Morgan fingerprint density at radius 2 is 2.03 bits per heavy atom. The Kier molecular flexibility index (Phi) is 6.79. The van der Waals surface area contributed by atoms with Gasteiger partial charge in [0.05, 0.1) is 5.69 Å². The molecule has 0 saturated carbocycles. The van der Waals surface area contributed by atoms with Crippen molar-refractivity contribution >= 4 is 17.6 Å². The number of ether oxygens (including phenoxy) is 1. The van der Waals surface area contributed by atoms with E-state index in [0.717, 1.165) is 54.2 Å². The molecule has 0 bridgehead atoms. The van der Waals surface area contributed by atoms with Crippen molar-refractivity contribution < 1.29 is 14.6 Å². The summed E-state index contributed by atoms with van der Waals surface area (Å²) in [6.07, 6.45) is 3.61. The van der Waals surface area contributed by atoms with Crippen molar-refractivity contribution in [2.45, 2.75) is 32.4 Å². The van der Waals surface area contributed by atoms with Gasteiger partial charge >= 0.3 is 5.97 Å². The number of carbonyl (C=O) groups is 1. The van der Waals surface area contributed by atoms with Crippen molar-refractivity contribution in [1.82, 2.24) is 14.9 Å². The highest BCUT2D eigenvalue weighted by atomic mass is 35.5. The highest BCUT2D eigenvalue weighted by Crippen LogP contribution is 2.24. The lowest BCUT2D eigenvalue weighted by Crippen LogP contribution is -2.32. The van der Waals surface area contributed by atoms with Crippen molar-refractivity contribution in [1.29, 1.82) is 0 Å². The number of benzene rings is 2. The van der Waals surface area contributed by atoms with E-state index < -0.39 is 5.97 Å². The highest BCUT2D eigenvalue weighted by molar-refractivity contribution is 6.30. The second kappa shape index (κ2) is 9.90. The Hall–Kier alpha value is -2.96. The van der Waals surface area contributed by atoms with E-state index in [-0.39, 0.29) is 6.42 Å². The summed E-state index contributed by atoms with van der Waals surface area (Å²) in [5.74, 6) is 0.740. The fourth-order valence-corrected chi connectivity index (χ4v) is 3.86. The molecule has 0 spiro atoms. The molecule has 0 radical (unpaired) electrons. The number of halogens is 1. The number of aliphatic carboxylic acids is 1. The Morgan fingerprint density at radius 3 is 2.81 bits per heavy atom. The third-order valence-electron chi connectivity index (χ3n) is 5.29. The maximum absolute atomic E-state index is 10.7. The van der Waals surface area contributed by atoms with Crippen LogP contribution in [0.2, 0.25) is 5.02 Å². The molecule has 2 heterocycles. The molecule has 31 heavy (non-hydrogen) atoms. The number of fused-ring (bicyclic) bond motifs is 1. The van der Waals surface area contributed by atoms with Gasteiger partial charge in [0.2, 0.25) is 0 Å². The maximum Gasteiger partial charge on any atom is 0.303 e. The van der Waals surface area contributed by atoms with Crippen LogP contribution in [0, 0.1) is 0 Å². The predicted octanol–water partition coefficient (Wildman–Crippen LogP) is 4.60. The first-order valence-corrected chi connectivity index (χ1v) is 10.7. The first-order chi connectivity index (χ1) is 15.1. The van der Waals surface area contributed by atoms with Gasteiger partial charge < -0.3 is 9.84 Å². The lowest BCUT2D eigenvalue weighted by Gasteiger charge is -2.27. The van der Waals surface area contributed by atoms with E-state index in [2.05, 4.69) is 9.88 Å². The number of carboxylic acids is 1. The lowest BCUT2D eigenvalue weighted by molar-refractivity contribution is -0.137. The van der Waals surface area contributed by atoms with E-state index >= 15 is 0 Å². The van der Waals surface area contributed by atoms with Crippen LogP contribution in [0.1, 0.15) is 29.7 Å². The molecule has 1 aliphatic rings. The van der Waals surface area contributed by atoms with Crippen LogP contribution >= 0.6 is 11.6 Å². The lowest BCUT2D eigenvalue weighted by atomic mass is 10.1. The highest BCUT2D eigenvalue weighted by Gasteiger charge is 2.18. The maximum atomic E-state index is 10.7. The Balaban J connectivity index is 1.36. The molecule has 4 rings (SSSR count). The molecule has 0 atom stereocenters. The SMILES string of the molecule is O=C(O)CCCN1CCc2nc(-c3ccc(OCc4cccc(Cl)c4)cc3)ncc2C1. The molecule has 0 amide bonds. The molecule has 3 aromatic rings. The molecular weight excluding hydrogens is 414 g/mol. The van der Waals surface area contributed by atoms with Crippen LogP contribution in [0.5, 0.6) is 5.75 Å². The molecule has 1 aliphatic heterocycles. The van der Waals surface area contributed by atoms with Gasteiger partial charge in [-0.1, -0.05) is 23.7 Å². The number of aromatic nitrogens is 2.